The lowest BCUT2D eigenvalue weighted by Gasteiger charge is -2.25. The molecule has 4 heteroatoms. The Morgan fingerprint density at radius 3 is 0.850 bits per heavy atom. The molecule has 196 valence electrons. The van der Waals surface area contributed by atoms with Crippen LogP contribution in [-0.2, 0) is 0 Å². The first kappa shape index (κ1) is 27.5. The summed E-state index contributed by atoms with van der Waals surface area (Å²) in [5, 5.41) is 7.64. The minimum absolute atomic E-state index is 0. The lowest BCUT2D eigenvalue weighted by molar-refractivity contribution is 0.491. The van der Waals surface area contributed by atoms with Gasteiger partial charge in [-0.15, -0.1) is 0 Å². The zero-order chi connectivity index (χ0) is 26.3. The van der Waals surface area contributed by atoms with E-state index in [1.165, 1.54) is 31.8 Å². The molecule has 0 atom stereocenters. The average molecular weight is 556 g/mol. The van der Waals surface area contributed by atoms with Gasteiger partial charge in [-0.25, -0.2) is 0 Å². The standard InChI is InChI=1S/C36H28OP2.H3N/c1-5-17-29(18-6-1)38(30-19-7-2-8-20-30)35-27-15-13-25-33(35)37-34-26-14-16-28-36(34)39(31-21-9-3-10-22-31)32-23-11-4-12-24-32;/h1-28H;1H3. The van der Waals surface area contributed by atoms with Crippen molar-refractivity contribution in [2.24, 2.45) is 0 Å². The maximum Gasteiger partial charge on any atom is 0.135 e. The molecular weight excluding hydrogens is 524 g/mol. The van der Waals surface area contributed by atoms with Crippen molar-refractivity contribution in [3.63, 3.8) is 0 Å². The average Bonchev–Trinajstić information content (AvgIpc) is 3.01. The SMILES string of the molecule is N.c1ccc(P(c2ccccc2)c2ccccc2Oc2ccccc2P(c2ccccc2)c2ccccc2)cc1. The highest BCUT2D eigenvalue weighted by Gasteiger charge is 2.23. The summed E-state index contributed by atoms with van der Waals surface area (Å²) < 4.78 is 6.92. The van der Waals surface area contributed by atoms with Crippen LogP contribution in [0.15, 0.2) is 170 Å². The quantitative estimate of drug-likeness (QED) is 0.203. The number of hydrogen-bond donors (Lipinski definition) is 1. The molecule has 0 fully saturated rings. The van der Waals surface area contributed by atoms with Crippen LogP contribution in [0.3, 0.4) is 0 Å². The molecule has 6 rings (SSSR count). The van der Waals surface area contributed by atoms with Gasteiger partial charge < -0.3 is 10.9 Å². The van der Waals surface area contributed by atoms with Crippen LogP contribution in [0.1, 0.15) is 0 Å². The summed E-state index contributed by atoms with van der Waals surface area (Å²) in [5.41, 5.74) is 0. The fraction of sp³-hybridized carbons (Fsp3) is 0. The van der Waals surface area contributed by atoms with Crippen LogP contribution in [0.25, 0.3) is 0 Å². The summed E-state index contributed by atoms with van der Waals surface area (Å²) in [6, 6.07) is 60.2. The molecule has 3 N–H and O–H groups in total. The summed E-state index contributed by atoms with van der Waals surface area (Å²) >= 11 is 0. The van der Waals surface area contributed by atoms with Crippen LogP contribution in [0.2, 0.25) is 0 Å². The van der Waals surface area contributed by atoms with Gasteiger partial charge in [0.2, 0.25) is 0 Å². The molecule has 0 heterocycles. The van der Waals surface area contributed by atoms with Gasteiger partial charge in [0, 0.05) is 10.6 Å². The second kappa shape index (κ2) is 13.3. The predicted octanol–water partition coefficient (Wildman–Crippen LogP) is 7.16. The molecule has 0 aromatic heterocycles. The number of ether oxygens (including phenoxy) is 1. The Balaban J connectivity index is 0.00000323. The Morgan fingerprint density at radius 2 is 0.550 bits per heavy atom. The van der Waals surface area contributed by atoms with Gasteiger partial charge in [0.15, 0.2) is 0 Å². The topological polar surface area (TPSA) is 44.2 Å². The Kier molecular flexibility index (Phi) is 9.17. The third-order valence-corrected chi connectivity index (χ3v) is 11.5. The molecule has 6 aromatic carbocycles. The molecule has 6 aromatic rings. The van der Waals surface area contributed by atoms with Crippen LogP contribution in [0, 0.1) is 0 Å². The fourth-order valence-electron chi connectivity index (χ4n) is 4.74. The lowest BCUT2D eigenvalue weighted by Crippen LogP contribution is -2.23. The third kappa shape index (κ3) is 6.06. The van der Waals surface area contributed by atoms with E-state index in [9.17, 15) is 0 Å². The Morgan fingerprint density at radius 1 is 0.300 bits per heavy atom. The molecule has 0 aliphatic carbocycles. The van der Waals surface area contributed by atoms with Crippen molar-refractivity contribution in [3.05, 3.63) is 170 Å². The zero-order valence-corrected chi connectivity index (χ0v) is 24.0. The highest BCUT2D eigenvalue weighted by atomic mass is 31.1. The van der Waals surface area contributed by atoms with Gasteiger partial charge in [0.1, 0.15) is 11.5 Å². The summed E-state index contributed by atoms with van der Waals surface area (Å²) in [6.07, 6.45) is 0. The second-order valence-electron chi connectivity index (χ2n) is 9.05. The summed E-state index contributed by atoms with van der Waals surface area (Å²) in [4.78, 5) is 0. The van der Waals surface area contributed by atoms with Crippen LogP contribution < -0.4 is 42.7 Å². The number of benzene rings is 6. The normalized spacial score (nSPS) is 10.8. The number of hydrogen-bond acceptors (Lipinski definition) is 2. The molecule has 0 amide bonds. The van der Waals surface area contributed by atoms with Crippen molar-refractivity contribution < 1.29 is 4.74 Å². The van der Waals surface area contributed by atoms with Crippen molar-refractivity contribution in [2.75, 3.05) is 0 Å². The van der Waals surface area contributed by atoms with Crippen molar-refractivity contribution in [1.29, 1.82) is 0 Å². The van der Waals surface area contributed by atoms with E-state index in [2.05, 4.69) is 170 Å². The molecule has 0 bridgehead atoms. The van der Waals surface area contributed by atoms with E-state index >= 15 is 0 Å². The predicted molar refractivity (Wildman–Crippen MR) is 175 cm³/mol. The number of rotatable bonds is 8. The van der Waals surface area contributed by atoms with Gasteiger partial charge >= 0.3 is 0 Å². The monoisotopic (exact) mass is 555 g/mol. The smallest absolute Gasteiger partial charge is 0.135 e. The molecule has 2 nitrogen and oxygen atoms in total. The van der Waals surface area contributed by atoms with Gasteiger partial charge in [-0.2, -0.15) is 0 Å². The third-order valence-electron chi connectivity index (χ3n) is 6.49. The fourth-order valence-corrected chi connectivity index (χ4v) is 9.48. The minimum atomic E-state index is -0.795. The van der Waals surface area contributed by atoms with E-state index in [1.54, 1.807) is 0 Å². The second-order valence-corrected chi connectivity index (χ2v) is 13.4. The first-order valence-electron chi connectivity index (χ1n) is 13.0. The van der Waals surface area contributed by atoms with Gasteiger partial charge in [0.25, 0.3) is 0 Å². The molecule has 0 aliphatic rings. The van der Waals surface area contributed by atoms with Gasteiger partial charge in [-0.05, 0) is 49.2 Å². The molecule has 0 saturated heterocycles. The first-order chi connectivity index (χ1) is 19.4. The molecule has 0 radical (unpaired) electrons. The van der Waals surface area contributed by atoms with E-state index in [0.29, 0.717) is 0 Å². The molecule has 0 aliphatic heterocycles. The maximum atomic E-state index is 6.92. The summed E-state index contributed by atoms with van der Waals surface area (Å²) in [7, 11) is -1.59. The van der Waals surface area contributed by atoms with E-state index < -0.39 is 15.8 Å². The summed E-state index contributed by atoms with van der Waals surface area (Å²) in [5.74, 6) is 1.81. The van der Waals surface area contributed by atoms with Crippen LogP contribution in [0.5, 0.6) is 11.5 Å². The summed E-state index contributed by atoms with van der Waals surface area (Å²) in [6.45, 7) is 0. The first-order valence-corrected chi connectivity index (χ1v) is 15.7. The van der Waals surface area contributed by atoms with Crippen molar-refractivity contribution in [1.82, 2.24) is 6.15 Å². The largest absolute Gasteiger partial charge is 0.456 e. The Hall–Kier alpha value is -4.06. The van der Waals surface area contributed by atoms with E-state index in [-0.39, 0.29) is 6.15 Å². The van der Waals surface area contributed by atoms with Crippen LogP contribution >= 0.6 is 15.8 Å². The Labute approximate surface area is 239 Å². The number of para-hydroxylation sites is 2. The van der Waals surface area contributed by atoms with Gasteiger partial charge in [-0.3, -0.25) is 0 Å². The molecular formula is C36H31NOP2. The molecule has 0 spiro atoms. The van der Waals surface area contributed by atoms with Crippen molar-refractivity contribution in [2.45, 2.75) is 0 Å². The van der Waals surface area contributed by atoms with E-state index in [0.717, 1.165) is 11.5 Å². The van der Waals surface area contributed by atoms with Gasteiger partial charge in [0.05, 0.1) is 0 Å². The molecule has 0 unspecified atom stereocenters. The molecule has 40 heavy (non-hydrogen) atoms. The van der Waals surface area contributed by atoms with Crippen LogP contribution in [0.4, 0.5) is 0 Å². The van der Waals surface area contributed by atoms with E-state index in [4.69, 9.17) is 4.74 Å². The van der Waals surface area contributed by atoms with E-state index in [1.807, 2.05) is 0 Å². The highest BCUT2D eigenvalue weighted by molar-refractivity contribution is 7.80. The molecule has 0 saturated carbocycles. The van der Waals surface area contributed by atoms with Crippen molar-refractivity contribution in [3.8, 4) is 11.5 Å². The van der Waals surface area contributed by atoms with Crippen LogP contribution in [-0.4, -0.2) is 0 Å². The maximum absolute atomic E-state index is 6.92. The van der Waals surface area contributed by atoms with Crippen molar-refractivity contribution >= 4 is 47.7 Å². The lowest BCUT2D eigenvalue weighted by atomic mass is 10.3. The zero-order valence-electron chi connectivity index (χ0n) is 22.2. The Bertz CT molecular complexity index is 1420. The minimum Gasteiger partial charge on any atom is -0.456 e. The van der Waals surface area contributed by atoms with Gasteiger partial charge in [-0.1, -0.05) is 158 Å². The highest BCUT2D eigenvalue weighted by Crippen LogP contribution is 2.40.